The van der Waals surface area contributed by atoms with Crippen LogP contribution in [0.25, 0.3) is 11.1 Å². The summed E-state index contributed by atoms with van der Waals surface area (Å²) in [5, 5.41) is 10.5. The van der Waals surface area contributed by atoms with Gasteiger partial charge in [-0.05, 0) is 34.9 Å². The van der Waals surface area contributed by atoms with Crippen molar-refractivity contribution >= 4 is 0 Å². The third-order valence-electron chi connectivity index (χ3n) is 5.09. The summed E-state index contributed by atoms with van der Waals surface area (Å²) >= 11 is 0. The van der Waals surface area contributed by atoms with E-state index >= 15 is 0 Å². The second kappa shape index (κ2) is 7.11. The zero-order chi connectivity index (χ0) is 15.4. The van der Waals surface area contributed by atoms with Gasteiger partial charge in [-0.3, -0.25) is 0 Å². The first-order chi connectivity index (χ1) is 10.7. The van der Waals surface area contributed by atoms with Crippen molar-refractivity contribution in [1.82, 2.24) is 0 Å². The van der Waals surface area contributed by atoms with Crippen LogP contribution in [0.5, 0.6) is 0 Å². The molecule has 2 aromatic carbocycles. The molecule has 1 fully saturated rings. The van der Waals surface area contributed by atoms with Gasteiger partial charge in [0.25, 0.3) is 0 Å². The van der Waals surface area contributed by atoms with E-state index < -0.39 is 0 Å². The number of rotatable bonds is 4. The fourth-order valence-electron chi connectivity index (χ4n) is 3.54. The highest BCUT2D eigenvalue weighted by atomic mass is 16.3. The first kappa shape index (κ1) is 15.3. The second-order valence-corrected chi connectivity index (χ2v) is 6.87. The van der Waals surface area contributed by atoms with Crippen molar-refractivity contribution in [2.75, 3.05) is 0 Å². The van der Waals surface area contributed by atoms with Gasteiger partial charge in [0, 0.05) is 0 Å². The zero-order valence-electron chi connectivity index (χ0n) is 13.4. The molecule has 1 aliphatic rings. The van der Waals surface area contributed by atoms with Gasteiger partial charge >= 0.3 is 0 Å². The van der Waals surface area contributed by atoms with Gasteiger partial charge in [-0.1, -0.05) is 87.2 Å². The van der Waals surface area contributed by atoms with Crippen molar-refractivity contribution in [2.45, 2.75) is 45.1 Å². The Labute approximate surface area is 134 Å². The molecule has 0 heterocycles. The summed E-state index contributed by atoms with van der Waals surface area (Å²) in [6, 6.07) is 18.8. The Morgan fingerprint density at radius 1 is 0.864 bits per heavy atom. The predicted molar refractivity (Wildman–Crippen MR) is 92.6 cm³/mol. The summed E-state index contributed by atoms with van der Waals surface area (Å²) in [6.45, 7) is 2.34. The first-order valence-electron chi connectivity index (χ1n) is 8.56. The van der Waals surface area contributed by atoms with Crippen molar-refractivity contribution in [1.29, 1.82) is 0 Å². The van der Waals surface area contributed by atoms with Crippen molar-refractivity contribution in [3.8, 4) is 11.1 Å². The summed E-state index contributed by atoms with van der Waals surface area (Å²) in [6.07, 6.45) is 5.80. The average molecular weight is 294 g/mol. The topological polar surface area (TPSA) is 20.2 Å². The van der Waals surface area contributed by atoms with E-state index in [0.29, 0.717) is 5.92 Å². The zero-order valence-corrected chi connectivity index (χ0v) is 13.4. The summed E-state index contributed by atoms with van der Waals surface area (Å²) in [4.78, 5) is 0. The van der Waals surface area contributed by atoms with E-state index in [1.807, 2.05) is 6.07 Å². The second-order valence-electron chi connectivity index (χ2n) is 6.87. The molecular formula is C21H26O. The number of aliphatic hydroxyl groups is 1. The first-order valence-corrected chi connectivity index (χ1v) is 8.56. The number of aliphatic hydroxyl groups excluding tert-OH is 1. The molecule has 0 spiro atoms. The largest absolute Gasteiger partial charge is 0.388 e. The summed E-state index contributed by atoms with van der Waals surface area (Å²) < 4.78 is 0. The highest BCUT2D eigenvalue weighted by Gasteiger charge is 2.21. The summed E-state index contributed by atoms with van der Waals surface area (Å²) in [7, 11) is 0. The molecule has 1 nitrogen and oxygen atoms in total. The van der Waals surface area contributed by atoms with Crippen LogP contribution < -0.4 is 0 Å². The molecular weight excluding hydrogens is 268 g/mol. The van der Waals surface area contributed by atoms with Gasteiger partial charge in [-0.15, -0.1) is 0 Å². The minimum Gasteiger partial charge on any atom is -0.388 e. The standard InChI is InChI=1S/C21H26O/c1-16-7-9-17(10-8-16)15-21(22)20-13-11-19(12-14-20)18-5-3-2-4-6-18/h2-6,11-14,16-17,21-22H,7-10,15H2,1H3. The van der Waals surface area contributed by atoms with Crippen LogP contribution in [0.1, 0.15) is 50.7 Å². The molecule has 3 rings (SSSR count). The van der Waals surface area contributed by atoms with Crippen LogP contribution in [-0.2, 0) is 0 Å². The Morgan fingerprint density at radius 2 is 1.45 bits per heavy atom. The lowest BCUT2D eigenvalue weighted by Gasteiger charge is -2.27. The van der Waals surface area contributed by atoms with Gasteiger partial charge in [0.05, 0.1) is 6.10 Å². The van der Waals surface area contributed by atoms with E-state index in [4.69, 9.17) is 0 Å². The number of benzene rings is 2. The van der Waals surface area contributed by atoms with Crippen LogP contribution in [-0.4, -0.2) is 5.11 Å². The van der Waals surface area contributed by atoms with E-state index in [9.17, 15) is 5.11 Å². The third-order valence-corrected chi connectivity index (χ3v) is 5.09. The average Bonchev–Trinajstić information content (AvgIpc) is 2.58. The Hall–Kier alpha value is -1.60. The van der Waals surface area contributed by atoms with Crippen LogP contribution >= 0.6 is 0 Å². The van der Waals surface area contributed by atoms with E-state index in [0.717, 1.165) is 17.9 Å². The molecule has 0 amide bonds. The Morgan fingerprint density at radius 3 is 2.09 bits per heavy atom. The molecule has 1 heteroatoms. The third kappa shape index (κ3) is 3.78. The lowest BCUT2D eigenvalue weighted by atomic mass is 9.79. The molecule has 0 aliphatic heterocycles. The van der Waals surface area contributed by atoms with Crippen LogP contribution in [0.15, 0.2) is 54.6 Å². The molecule has 0 radical (unpaired) electrons. The van der Waals surface area contributed by atoms with Gasteiger partial charge < -0.3 is 5.11 Å². The fraction of sp³-hybridized carbons (Fsp3) is 0.429. The Kier molecular flexibility index (Phi) is 4.94. The van der Waals surface area contributed by atoms with Crippen LogP contribution in [0.2, 0.25) is 0 Å². The molecule has 1 saturated carbocycles. The molecule has 2 aromatic rings. The molecule has 22 heavy (non-hydrogen) atoms. The molecule has 0 saturated heterocycles. The lowest BCUT2D eigenvalue weighted by molar-refractivity contribution is 0.125. The van der Waals surface area contributed by atoms with Crippen molar-refractivity contribution in [2.24, 2.45) is 11.8 Å². The highest BCUT2D eigenvalue weighted by molar-refractivity contribution is 5.63. The van der Waals surface area contributed by atoms with Crippen molar-refractivity contribution in [3.05, 3.63) is 60.2 Å². The minimum absolute atomic E-state index is 0.316. The molecule has 1 N–H and O–H groups in total. The number of hydrogen-bond donors (Lipinski definition) is 1. The SMILES string of the molecule is CC1CCC(CC(O)c2ccc(-c3ccccc3)cc2)CC1. The van der Waals surface area contributed by atoms with Gasteiger partial charge in [-0.2, -0.15) is 0 Å². The maximum Gasteiger partial charge on any atom is 0.0792 e. The molecule has 116 valence electrons. The van der Waals surface area contributed by atoms with E-state index in [-0.39, 0.29) is 6.10 Å². The Bertz CT molecular complexity index is 565. The number of hydrogen-bond acceptors (Lipinski definition) is 1. The van der Waals surface area contributed by atoms with Gasteiger partial charge in [-0.25, -0.2) is 0 Å². The van der Waals surface area contributed by atoms with Gasteiger partial charge in [0.2, 0.25) is 0 Å². The van der Waals surface area contributed by atoms with E-state index in [1.54, 1.807) is 0 Å². The summed E-state index contributed by atoms with van der Waals surface area (Å²) in [5.41, 5.74) is 3.49. The summed E-state index contributed by atoms with van der Waals surface area (Å²) in [5.74, 6) is 1.57. The Balaban J connectivity index is 1.62. The maximum absolute atomic E-state index is 10.5. The highest BCUT2D eigenvalue weighted by Crippen LogP contribution is 2.34. The van der Waals surface area contributed by atoms with Gasteiger partial charge in [0.1, 0.15) is 0 Å². The normalized spacial score (nSPS) is 23.2. The van der Waals surface area contributed by atoms with Crippen LogP contribution in [0.4, 0.5) is 0 Å². The predicted octanol–water partition coefficient (Wildman–Crippen LogP) is 5.60. The fourth-order valence-corrected chi connectivity index (χ4v) is 3.54. The molecule has 1 aliphatic carbocycles. The maximum atomic E-state index is 10.5. The van der Waals surface area contributed by atoms with Crippen molar-refractivity contribution in [3.63, 3.8) is 0 Å². The molecule has 0 bridgehead atoms. The van der Waals surface area contributed by atoms with Gasteiger partial charge in [0.15, 0.2) is 0 Å². The molecule has 0 aromatic heterocycles. The smallest absolute Gasteiger partial charge is 0.0792 e. The van der Waals surface area contributed by atoms with Crippen LogP contribution in [0, 0.1) is 11.8 Å². The molecule has 1 atom stereocenters. The van der Waals surface area contributed by atoms with Crippen molar-refractivity contribution < 1.29 is 5.11 Å². The lowest BCUT2D eigenvalue weighted by Crippen LogP contribution is -2.15. The monoisotopic (exact) mass is 294 g/mol. The van der Waals surface area contributed by atoms with Crippen LogP contribution in [0.3, 0.4) is 0 Å². The van der Waals surface area contributed by atoms with E-state index in [2.05, 4.69) is 55.5 Å². The quantitative estimate of drug-likeness (QED) is 0.777. The van der Waals surface area contributed by atoms with E-state index in [1.165, 1.54) is 36.8 Å². The molecule has 1 unspecified atom stereocenters. The minimum atomic E-state index is -0.316.